The van der Waals surface area contributed by atoms with E-state index >= 15 is 0 Å². The first-order valence-electron chi connectivity index (χ1n) is 9.16. The van der Waals surface area contributed by atoms with Crippen molar-refractivity contribution < 1.29 is 31.4 Å². The largest absolute Gasteiger partial charge is 0.759 e. The number of aryl methyl sites for hydroxylation is 4. The van der Waals surface area contributed by atoms with Crippen LogP contribution in [-0.4, -0.2) is 40.9 Å². The molecule has 0 spiro atoms. The minimum atomic E-state index is -5.17. The van der Waals surface area contributed by atoms with Gasteiger partial charge in [0.15, 0.2) is 0 Å². The van der Waals surface area contributed by atoms with Gasteiger partial charge in [-0.25, -0.2) is 18.3 Å². The van der Waals surface area contributed by atoms with E-state index in [-0.39, 0.29) is 0 Å². The summed E-state index contributed by atoms with van der Waals surface area (Å²) >= 11 is 0. The fourth-order valence-corrected chi connectivity index (χ4v) is 1.95. The molecule has 28 heavy (non-hydrogen) atoms. The average Bonchev–Trinajstić information content (AvgIpc) is 3.19. The minimum absolute atomic E-state index is 1.15. The second kappa shape index (κ2) is 17.4. The van der Waals surface area contributed by atoms with Crippen molar-refractivity contribution in [1.29, 1.82) is 0 Å². The summed E-state index contributed by atoms with van der Waals surface area (Å²) in [5.41, 5.74) is 0. The number of hydrogen-bond donors (Lipinski definition) is 0. The first-order valence-corrected chi connectivity index (χ1v) is 10.5. The van der Waals surface area contributed by atoms with Crippen LogP contribution in [0.1, 0.15) is 39.5 Å². The Hall–Kier alpha value is -1.75. The van der Waals surface area contributed by atoms with E-state index in [0.717, 1.165) is 13.1 Å². The van der Waals surface area contributed by atoms with Crippen molar-refractivity contribution in [2.75, 3.05) is 14.2 Å². The molecular formula is C18H36N4O5S. The first-order chi connectivity index (χ1) is 13.1. The standard InChI is InChI=1S/2C8H15N2.C2H6O.H2O4S/c2*1-3-4-5-10-7-6-9(2)8-10;1-3-2;1-5(2,3)4/h2*6-8H,3-5H2,1-2H3;1-2H3;(H2,1,2,3,4)/q2*+1;;/p-2. The predicted octanol–water partition coefficient (Wildman–Crippen LogP) is 1.15. The quantitative estimate of drug-likeness (QED) is 0.396. The lowest BCUT2D eigenvalue weighted by Gasteiger charge is -2.06. The average molecular weight is 421 g/mol. The highest BCUT2D eigenvalue weighted by Crippen LogP contribution is 1.86. The second-order valence-electron chi connectivity index (χ2n) is 6.16. The summed E-state index contributed by atoms with van der Waals surface area (Å²) in [4.78, 5) is 0. The van der Waals surface area contributed by atoms with Gasteiger partial charge in [-0.05, 0) is 12.8 Å². The van der Waals surface area contributed by atoms with E-state index in [4.69, 9.17) is 17.5 Å². The Balaban J connectivity index is 0. The van der Waals surface area contributed by atoms with Crippen molar-refractivity contribution >= 4 is 10.4 Å². The fourth-order valence-electron chi connectivity index (χ4n) is 1.95. The Morgan fingerprint density at radius 1 is 0.857 bits per heavy atom. The topological polar surface area (TPSA) is 107 Å². The van der Waals surface area contributed by atoms with Crippen molar-refractivity contribution in [3.8, 4) is 0 Å². The lowest BCUT2D eigenvalue weighted by molar-refractivity contribution is -0.696. The van der Waals surface area contributed by atoms with Crippen LogP contribution in [-0.2, 0) is 42.3 Å². The number of nitrogens with zero attached hydrogens (tertiary/aromatic N) is 4. The normalized spacial score (nSPS) is 10.0. The van der Waals surface area contributed by atoms with Gasteiger partial charge in [-0.3, -0.25) is 8.42 Å². The molecule has 0 fully saturated rings. The third-order valence-electron chi connectivity index (χ3n) is 3.19. The molecule has 0 amide bonds. The first kappa shape index (κ1) is 28.5. The molecule has 0 atom stereocenters. The molecule has 0 saturated heterocycles. The van der Waals surface area contributed by atoms with Crippen LogP contribution in [0.5, 0.6) is 0 Å². The van der Waals surface area contributed by atoms with Crippen molar-refractivity contribution in [1.82, 2.24) is 9.13 Å². The Labute approximate surface area is 169 Å². The smallest absolute Gasteiger partial charge is 0.243 e. The maximum Gasteiger partial charge on any atom is 0.243 e. The van der Waals surface area contributed by atoms with E-state index in [1.165, 1.54) is 25.7 Å². The second-order valence-corrected chi connectivity index (χ2v) is 6.97. The van der Waals surface area contributed by atoms with Crippen molar-refractivity contribution in [2.24, 2.45) is 14.1 Å². The van der Waals surface area contributed by atoms with Crippen LogP contribution in [0.4, 0.5) is 0 Å². The molecule has 0 N–H and O–H groups in total. The lowest BCUT2D eigenvalue weighted by atomic mass is 10.3. The van der Waals surface area contributed by atoms with Crippen LogP contribution in [0.2, 0.25) is 0 Å². The van der Waals surface area contributed by atoms with E-state index in [1.54, 1.807) is 14.2 Å². The molecule has 0 aromatic carbocycles. The molecule has 10 heteroatoms. The molecule has 2 aromatic rings. The number of aromatic nitrogens is 4. The molecule has 0 aliphatic carbocycles. The molecule has 0 saturated carbocycles. The highest BCUT2D eigenvalue weighted by Gasteiger charge is 1.97. The molecule has 0 bridgehead atoms. The summed E-state index contributed by atoms with van der Waals surface area (Å²) in [5.74, 6) is 0. The van der Waals surface area contributed by atoms with E-state index in [2.05, 4.69) is 74.3 Å². The molecule has 0 radical (unpaired) electrons. The van der Waals surface area contributed by atoms with Crippen LogP contribution < -0.4 is 9.13 Å². The van der Waals surface area contributed by atoms with Crippen molar-refractivity contribution in [3.05, 3.63) is 37.4 Å². The lowest BCUT2D eigenvalue weighted by Crippen LogP contribution is -2.30. The molecule has 164 valence electrons. The van der Waals surface area contributed by atoms with Crippen LogP contribution in [0.15, 0.2) is 37.4 Å². The van der Waals surface area contributed by atoms with Crippen LogP contribution >= 0.6 is 0 Å². The van der Waals surface area contributed by atoms with Gasteiger partial charge in [0.2, 0.25) is 12.7 Å². The maximum atomic E-state index is 8.52. The summed E-state index contributed by atoms with van der Waals surface area (Å²) in [6.45, 7) is 6.72. The molecule has 2 heterocycles. The maximum absolute atomic E-state index is 8.52. The van der Waals surface area contributed by atoms with Gasteiger partial charge in [-0.15, -0.1) is 0 Å². The van der Waals surface area contributed by atoms with Crippen molar-refractivity contribution in [2.45, 2.75) is 52.6 Å². The van der Waals surface area contributed by atoms with E-state index in [1.807, 2.05) is 14.1 Å². The molecule has 2 rings (SSSR count). The number of imidazole rings is 2. The number of rotatable bonds is 6. The predicted molar refractivity (Wildman–Crippen MR) is 104 cm³/mol. The van der Waals surface area contributed by atoms with Gasteiger partial charge >= 0.3 is 0 Å². The van der Waals surface area contributed by atoms with Gasteiger partial charge in [0.1, 0.15) is 24.8 Å². The number of unbranched alkanes of at least 4 members (excludes halogenated alkanes) is 2. The summed E-state index contributed by atoms with van der Waals surface area (Å²) < 4.78 is 46.9. The summed E-state index contributed by atoms with van der Waals surface area (Å²) in [5, 5.41) is 0. The van der Waals surface area contributed by atoms with E-state index < -0.39 is 10.4 Å². The monoisotopic (exact) mass is 420 g/mol. The van der Waals surface area contributed by atoms with Crippen LogP contribution in [0, 0.1) is 0 Å². The van der Waals surface area contributed by atoms with Gasteiger partial charge < -0.3 is 13.8 Å². The van der Waals surface area contributed by atoms with E-state index in [0.29, 0.717) is 0 Å². The third kappa shape index (κ3) is 22.3. The Morgan fingerprint density at radius 2 is 1.14 bits per heavy atom. The van der Waals surface area contributed by atoms with Crippen molar-refractivity contribution in [3.63, 3.8) is 0 Å². The highest BCUT2D eigenvalue weighted by molar-refractivity contribution is 7.79. The zero-order valence-corrected chi connectivity index (χ0v) is 18.8. The van der Waals surface area contributed by atoms with Gasteiger partial charge in [0.05, 0.1) is 27.2 Å². The van der Waals surface area contributed by atoms with Crippen LogP contribution in [0.25, 0.3) is 0 Å². The number of ether oxygens (including phenoxy) is 1. The Morgan fingerprint density at radius 3 is 1.32 bits per heavy atom. The van der Waals surface area contributed by atoms with Gasteiger partial charge in [0.25, 0.3) is 0 Å². The van der Waals surface area contributed by atoms with Gasteiger partial charge in [-0.1, -0.05) is 26.7 Å². The molecule has 0 unspecified atom stereocenters. The summed E-state index contributed by atoms with van der Waals surface area (Å²) in [6.07, 6.45) is 17.6. The molecular weight excluding hydrogens is 384 g/mol. The zero-order valence-electron chi connectivity index (χ0n) is 17.9. The number of methoxy groups -OCH3 is 1. The Kier molecular flexibility index (Phi) is 17.6. The molecule has 0 aliphatic heterocycles. The molecule has 9 nitrogen and oxygen atoms in total. The minimum Gasteiger partial charge on any atom is -0.759 e. The fraction of sp³-hybridized carbons (Fsp3) is 0.667. The Bertz CT molecular complexity index is 646. The zero-order chi connectivity index (χ0) is 22.0. The van der Waals surface area contributed by atoms with Crippen LogP contribution in [0.3, 0.4) is 0 Å². The third-order valence-corrected chi connectivity index (χ3v) is 3.19. The van der Waals surface area contributed by atoms with E-state index in [9.17, 15) is 0 Å². The van der Waals surface area contributed by atoms with Gasteiger partial charge in [0, 0.05) is 24.6 Å². The van der Waals surface area contributed by atoms with Gasteiger partial charge in [-0.2, -0.15) is 0 Å². The molecule has 0 aliphatic rings. The highest BCUT2D eigenvalue weighted by atomic mass is 32.3. The summed E-state index contributed by atoms with van der Waals surface area (Å²) in [6, 6.07) is 0. The SMILES string of the molecule is CCCC[n+]1ccn(C)c1.CCCC[n+]1ccn(C)c1.COC.O=S(=O)([O-])[O-]. The summed E-state index contributed by atoms with van der Waals surface area (Å²) in [7, 11) is 2.17. The number of hydrogen-bond acceptors (Lipinski definition) is 5. The molecule has 2 aromatic heterocycles.